The topological polar surface area (TPSA) is 71.5 Å². The molecule has 29 heavy (non-hydrogen) atoms. The van der Waals surface area contributed by atoms with Crippen molar-refractivity contribution in [3.8, 4) is 0 Å². The maximum Gasteiger partial charge on any atom is 0.324 e. The number of rotatable bonds is 7. The smallest absolute Gasteiger partial charge is 0.324 e. The Bertz CT molecular complexity index is 665. The number of aryl methyl sites for hydroxylation is 1. The van der Waals surface area contributed by atoms with E-state index in [1.165, 1.54) is 61.6 Å². The molecule has 2 saturated carbocycles. The van der Waals surface area contributed by atoms with E-state index in [4.69, 9.17) is 4.74 Å². The molecule has 1 N–H and O–H groups in total. The number of carbonyl (C=O) groups is 2. The summed E-state index contributed by atoms with van der Waals surface area (Å²) in [5.41, 5.74) is 0.849. The molecule has 1 aromatic rings. The molecule has 8 heteroatoms. The van der Waals surface area contributed by atoms with E-state index in [0.717, 1.165) is 35.6 Å². The van der Waals surface area contributed by atoms with Gasteiger partial charge >= 0.3 is 12.0 Å². The van der Waals surface area contributed by atoms with Crippen molar-refractivity contribution in [3.05, 3.63) is 5.69 Å². The summed E-state index contributed by atoms with van der Waals surface area (Å²) in [5, 5.41) is 3.70. The van der Waals surface area contributed by atoms with Gasteiger partial charge < -0.3 is 9.64 Å². The van der Waals surface area contributed by atoms with E-state index in [-0.39, 0.29) is 17.8 Å². The number of hydrogen-bond donors (Lipinski definition) is 1. The minimum atomic E-state index is -0.225. The van der Waals surface area contributed by atoms with Crippen molar-refractivity contribution in [1.82, 2.24) is 9.88 Å². The zero-order valence-corrected chi connectivity index (χ0v) is 19.2. The second-order valence-corrected chi connectivity index (χ2v) is 10.1. The molecule has 1 heterocycles. The van der Waals surface area contributed by atoms with Gasteiger partial charge in [-0.05, 0) is 39.5 Å². The zero-order chi connectivity index (χ0) is 20.6. The van der Waals surface area contributed by atoms with Crippen molar-refractivity contribution in [2.75, 3.05) is 17.7 Å². The molecule has 162 valence electrons. The van der Waals surface area contributed by atoms with Crippen LogP contribution in [0, 0.1) is 6.92 Å². The van der Waals surface area contributed by atoms with Gasteiger partial charge in [-0.1, -0.05) is 49.9 Å². The Hall–Kier alpha value is -1.28. The lowest BCUT2D eigenvalue weighted by atomic mass is 9.89. The Morgan fingerprint density at radius 3 is 2.24 bits per heavy atom. The molecule has 0 aliphatic heterocycles. The third-order valence-electron chi connectivity index (χ3n) is 5.77. The fourth-order valence-electron chi connectivity index (χ4n) is 4.40. The highest BCUT2D eigenvalue weighted by Crippen LogP contribution is 2.34. The van der Waals surface area contributed by atoms with Gasteiger partial charge in [-0.15, -0.1) is 11.8 Å². The summed E-state index contributed by atoms with van der Waals surface area (Å²) in [5.74, 6) is 0.0391. The minimum Gasteiger partial charge on any atom is -0.465 e. The van der Waals surface area contributed by atoms with E-state index in [0.29, 0.717) is 23.8 Å². The van der Waals surface area contributed by atoms with Crippen LogP contribution in [-0.4, -0.2) is 46.3 Å². The van der Waals surface area contributed by atoms with Crippen LogP contribution < -0.4 is 5.32 Å². The van der Waals surface area contributed by atoms with Crippen LogP contribution in [0.15, 0.2) is 4.21 Å². The summed E-state index contributed by atoms with van der Waals surface area (Å²) in [7, 11) is 0. The average molecular weight is 440 g/mol. The summed E-state index contributed by atoms with van der Waals surface area (Å²) >= 11 is 2.87. The molecule has 3 rings (SSSR count). The molecule has 1 aromatic heterocycles. The van der Waals surface area contributed by atoms with Crippen LogP contribution >= 0.6 is 23.1 Å². The summed E-state index contributed by atoms with van der Waals surface area (Å²) < 4.78 is 5.94. The molecule has 2 amide bonds. The van der Waals surface area contributed by atoms with Crippen LogP contribution in [-0.2, 0) is 9.53 Å². The van der Waals surface area contributed by atoms with Crippen LogP contribution in [0.4, 0.5) is 9.93 Å². The second kappa shape index (κ2) is 11.2. The number of anilines is 1. The normalized spacial score (nSPS) is 18.4. The first-order chi connectivity index (χ1) is 14.1. The highest BCUT2D eigenvalue weighted by Gasteiger charge is 2.33. The van der Waals surface area contributed by atoms with Crippen molar-refractivity contribution < 1.29 is 14.3 Å². The van der Waals surface area contributed by atoms with Gasteiger partial charge in [0.25, 0.3) is 0 Å². The quantitative estimate of drug-likeness (QED) is 0.442. The molecule has 2 aliphatic carbocycles. The monoisotopic (exact) mass is 439 g/mol. The summed E-state index contributed by atoms with van der Waals surface area (Å²) in [6.07, 6.45) is 11.9. The molecule has 0 atom stereocenters. The third kappa shape index (κ3) is 6.35. The molecule has 2 aliphatic rings. The average Bonchev–Trinajstić information content (AvgIpc) is 3.07. The SMILES string of the molecule is CCOC(=O)CSc1sc(NC(=O)N(C2CCCCC2)C2CCCCC2)nc1C. The number of thiazole rings is 1. The maximum atomic E-state index is 13.3. The van der Waals surface area contributed by atoms with Crippen LogP contribution in [0.2, 0.25) is 0 Å². The number of carbonyl (C=O) groups excluding carboxylic acids is 2. The number of urea groups is 1. The molecule has 0 bridgehead atoms. The minimum absolute atomic E-state index is 0.000470. The second-order valence-electron chi connectivity index (χ2n) is 7.91. The lowest BCUT2D eigenvalue weighted by Crippen LogP contribution is -2.50. The van der Waals surface area contributed by atoms with E-state index in [1.807, 2.05) is 6.92 Å². The predicted octanol–water partition coefficient (Wildman–Crippen LogP) is 5.61. The number of hydrogen-bond acceptors (Lipinski definition) is 6. The molecule has 6 nitrogen and oxygen atoms in total. The van der Waals surface area contributed by atoms with Gasteiger partial charge in [-0.25, -0.2) is 9.78 Å². The number of thioether (sulfide) groups is 1. The van der Waals surface area contributed by atoms with Crippen LogP contribution in [0.5, 0.6) is 0 Å². The number of ether oxygens (including phenoxy) is 1. The fourth-order valence-corrected chi connectivity index (χ4v) is 6.33. The Kier molecular flexibility index (Phi) is 8.66. The van der Waals surface area contributed by atoms with Crippen LogP contribution in [0.3, 0.4) is 0 Å². The van der Waals surface area contributed by atoms with Gasteiger partial charge in [0.2, 0.25) is 0 Å². The highest BCUT2D eigenvalue weighted by molar-refractivity contribution is 8.01. The Morgan fingerprint density at radius 1 is 1.10 bits per heavy atom. The first-order valence-electron chi connectivity index (χ1n) is 10.9. The van der Waals surface area contributed by atoms with E-state index in [9.17, 15) is 9.59 Å². The number of nitrogens with one attached hydrogen (secondary N) is 1. The molecule has 0 radical (unpaired) electrons. The fraction of sp³-hybridized carbons (Fsp3) is 0.762. The Balaban J connectivity index is 1.65. The standard InChI is InChI=1S/C21H33N3O3S2/c1-3-27-18(25)14-28-19-15(2)22-20(29-19)23-21(26)24(16-10-6-4-7-11-16)17-12-8-5-9-13-17/h16-17H,3-14H2,1-2H3,(H,22,23,26). The van der Waals surface area contributed by atoms with Gasteiger partial charge in [-0.2, -0.15) is 0 Å². The van der Waals surface area contributed by atoms with Crippen molar-refractivity contribution in [3.63, 3.8) is 0 Å². The van der Waals surface area contributed by atoms with Crippen molar-refractivity contribution in [1.29, 1.82) is 0 Å². The molecular weight excluding hydrogens is 406 g/mol. The van der Waals surface area contributed by atoms with Gasteiger partial charge in [0.15, 0.2) is 5.13 Å². The van der Waals surface area contributed by atoms with E-state index in [1.54, 1.807) is 6.92 Å². The summed E-state index contributed by atoms with van der Waals surface area (Å²) in [4.78, 5) is 31.6. The molecule has 0 aromatic carbocycles. The number of esters is 1. The highest BCUT2D eigenvalue weighted by atomic mass is 32.2. The largest absolute Gasteiger partial charge is 0.465 e. The lowest BCUT2D eigenvalue weighted by Gasteiger charge is -2.41. The van der Waals surface area contributed by atoms with Crippen molar-refractivity contribution >= 4 is 40.2 Å². The number of amides is 2. The van der Waals surface area contributed by atoms with E-state index >= 15 is 0 Å². The van der Waals surface area contributed by atoms with Crippen molar-refractivity contribution in [2.45, 2.75) is 94.3 Å². The molecular formula is C21H33N3O3S2. The van der Waals surface area contributed by atoms with Crippen LogP contribution in [0.1, 0.15) is 76.8 Å². The molecule has 0 unspecified atom stereocenters. The van der Waals surface area contributed by atoms with Crippen molar-refractivity contribution in [2.24, 2.45) is 0 Å². The first-order valence-corrected chi connectivity index (χ1v) is 12.7. The molecule has 0 spiro atoms. The predicted molar refractivity (Wildman–Crippen MR) is 119 cm³/mol. The maximum absolute atomic E-state index is 13.3. The zero-order valence-electron chi connectivity index (χ0n) is 17.6. The number of aromatic nitrogens is 1. The summed E-state index contributed by atoms with van der Waals surface area (Å²) in [6.45, 7) is 4.11. The Labute approximate surface area is 182 Å². The van der Waals surface area contributed by atoms with Crippen LogP contribution in [0.25, 0.3) is 0 Å². The first kappa shape index (κ1) is 22.4. The number of nitrogens with zero attached hydrogens (tertiary/aromatic N) is 2. The lowest BCUT2D eigenvalue weighted by molar-refractivity contribution is -0.139. The van der Waals surface area contributed by atoms with Gasteiger partial charge in [0.1, 0.15) is 0 Å². The Morgan fingerprint density at radius 2 is 1.69 bits per heavy atom. The third-order valence-corrected chi connectivity index (χ3v) is 8.17. The van der Waals surface area contributed by atoms with E-state index < -0.39 is 0 Å². The van der Waals surface area contributed by atoms with E-state index in [2.05, 4.69) is 15.2 Å². The molecule has 0 saturated heterocycles. The summed E-state index contributed by atoms with van der Waals surface area (Å²) in [6, 6.07) is 0.704. The molecule has 2 fully saturated rings. The van der Waals surface area contributed by atoms with Gasteiger partial charge in [0.05, 0.1) is 22.3 Å². The van der Waals surface area contributed by atoms with Gasteiger partial charge in [-0.3, -0.25) is 10.1 Å². The van der Waals surface area contributed by atoms with Gasteiger partial charge in [0, 0.05) is 12.1 Å².